The molecule has 0 saturated heterocycles. The monoisotopic (exact) mass is 283 g/mol. The Bertz CT molecular complexity index is 622. The Morgan fingerprint density at radius 2 is 1.81 bits per heavy atom. The average molecular weight is 283 g/mol. The smallest absolute Gasteiger partial charge is 0.269 e. The van der Waals surface area contributed by atoms with E-state index in [9.17, 15) is 10.1 Å². The standard InChI is InChI=1S/C16H17N3O2/c1-2-14(12-13-6-4-3-5-7-13)17-18-15-8-10-16(11-9-15)19(20)21/h3-11,18H,2,12H2,1H3/b17-14+. The highest BCUT2D eigenvalue weighted by atomic mass is 16.6. The summed E-state index contributed by atoms with van der Waals surface area (Å²) in [6.45, 7) is 2.05. The van der Waals surface area contributed by atoms with Crippen LogP contribution in [0.25, 0.3) is 0 Å². The van der Waals surface area contributed by atoms with Crippen molar-refractivity contribution in [2.75, 3.05) is 5.43 Å². The van der Waals surface area contributed by atoms with Gasteiger partial charge in [0, 0.05) is 24.3 Å². The molecule has 108 valence electrons. The van der Waals surface area contributed by atoms with E-state index in [-0.39, 0.29) is 5.69 Å². The molecule has 0 radical (unpaired) electrons. The fourth-order valence-electron chi connectivity index (χ4n) is 1.88. The van der Waals surface area contributed by atoms with Crippen LogP contribution in [0.2, 0.25) is 0 Å². The lowest BCUT2D eigenvalue weighted by Crippen LogP contribution is -2.05. The Balaban J connectivity index is 2.02. The molecule has 2 aromatic rings. The maximum absolute atomic E-state index is 10.6. The molecule has 2 rings (SSSR count). The Morgan fingerprint density at radius 1 is 1.14 bits per heavy atom. The fourth-order valence-corrected chi connectivity index (χ4v) is 1.88. The first-order chi connectivity index (χ1) is 10.2. The second-order valence-electron chi connectivity index (χ2n) is 4.61. The van der Waals surface area contributed by atoms with E-state index >= 15 is 0 Å². The molecular formula is C16H17N3O2. The van der Waals surface area contributed by atoms with E-state index in [0.29, 0.717) is 0 Å². The number of nitro benzene ring substituents is 1. The van der Waals surface area contributed by atoms with Gasteiger partial charge in [-0.15, -0.1) is 0 Å². The second kappa shape index (κ2) is 7.19. The highest BCUT2D eigenvalue weighted by molar-refractivity contribution is 5.86. The molecule has 0 fully saturated rings. The van der Waals surface area contributed by atoms with Gasteiger partial charge >= 0.3 is 0 Å². The Kier molecular flexibility index (Phi) is 5.04. The van der Waals surface area contributed by atoms with E-state index in [1.54, 1.807) is 12.1 Å². The molecule has 0 atom stereocenters. The van der Waals surface area contributed by atoms with Crippen LogP contribution in [-0.4, -0.2) is 10.6 Å². The van der Waals surface area contributed by atoms with Gasteiger partial charge in [0.15, 0.2) is 0 Å². The fraction of sp³-hybridized carbons (Fsp3) is 0.188. The number of rotatable bonds is 6. The summed E-state index contributed by atoms with van der Waals surface area (Å²) in [7, 11) is 0. The molecule has 0 unspecified atom stereocenters. The third-order valence-electron chi connectivity index (χ3n) is 3.08. The molecule has 0 bridgehead atoms. The van der Waals surface area contributed by atoms with Crippen molar-refractivity contribution >= 4 is 17.1 Å². The quantitative estimate of drug-likeness (QED) is 0.494. The van der Waals surface area contributed by atoms with Crippen LogP contribution in [0.4, 0.5) is 11.4 Å². The molecule has 5 nitrogen and oxygen atoms in total. The summed E-state index contributed by atoms with van der Waals surface area (Å²) in [5, 5.41) is 15.0. The highest BCUT2D eigenvalue weighted by Gasteiger charge is 2.04. The van der Waals surface area contributed by atoms with Crippen LogP contribution in [0.3, 0.4) is 0 Å². The van der Waals surface area contributed by atoms with Crippen molar-refractivity contribution in [3.63, 3.8) is 0 Å². The molecule has 0 saturated carbocycles. The first-order valence-electron chi connectivity index (χ1n) is 6.79. The summed E-state index contributed by atoms with van der Waals surface area (Å²) in [5.41, 5.74) is 6.00. The first kappa shape index (κ1) is 14.7. The van der Waals surface area contributed by atoms with E-state index in [1.165, 1.54) is 17.7 Å². The molecule has 1 N–H and O–H groups in total. The number of nitrogens with one attached hydrogen (secondary N) is 1. The van der Waals surface area contributed by atoms with Crippen molar-refractivity contribution < 1.29 is 4.92 Å². The molecule has 0 aliphatic carbocycles. The van der Waals surface area contributed by atoms with E-state index in [1.807, 2.05) is 18.2 Å². The minimum Gasteiger partial charge on any atom is -0.279 e. The van der Waals surface area contributed by atoms with Gasteiger partial charge in [-0.1, -0.05) is 37.3 Å². The van der Waals surface area contributed by atoms with E-state index in [4.69, 9.17) is 0 Å². The largest absolute Gasteiger partial charge is 0.279 e. The lowest BCUT2D eigenvalue weighted by atomic mass is 10.1. The third kappa shape index (κ3) is 4.42. The lowest BCUT2D eigenvalue weighted by molar-refractivity contribution is -0.384. The van der Waals surface area contributed by atoms with Crippen LogP contribution < -0.4 is 5.43 Å². The van der Waals surface area contributed by atoms with Crippen molar-refractivity contribution in [2.24, 2.45) is 5.10 Å². The number of benzene rings is 2. The number of nitro groups is 1. The number of anilines is 1. The van der Waals surface area contributed by atoms with Crippen molar-refractivity contribution in [3.8, 4) is 0 Å². The zero-order valence-electron chi connectivity index (χ0n) is 11.8. The average Bonchev–Trinajstić information content (AvgIpc) is 2.52. The summed E-state index contributed by atoms with van der Waals surface area (Å²) in [4.78, 5) is 10.2. The first-order valence-corrected chi connectivity index (χ1v) is 6.79. The maximum atomic E-state index is 10.6. The van der Waals surface area contributed by atoms with Crippen LogP contribution in [0.15, 0.2) is 59.7 Å². The van der Waals surface area contributed by atoms with E-state index in [0.717, 1.165) is 24.2 Å². The van der Waals surface area contributed by atoms with Crippen LogP contribution in [0, 0.1) is 10.1 Å². The van der Waals surface area contributed by atoms with Gasteiger partial charge in [0.1, 0.15) is 0 Å². The topological polar surface area (TPSA) is 67.5 Å². The lowest BCUT2D eigenvalue weighted by Gasteiger charge is -2.06. The zero-order chi connectivity index (χ0) is 15.1. The Hall–Kier alpha value is -2.69. The molecule has 0 heterocycles. The third-order valence-corrected chi connectivity index (χ3v) is 3.08. The number of hydrogen-bond acceptors (Lipinski definition) is 4. The van der Waals surface area contributed by atoms with Crippen LogP contribution in [0.1, 0.15) is 18.9 Å². The molecule has 5 heteroatoms. The van der Waals surface area contributed by atoms with Gasteiger partial charge in [-0.2, -0.15) is 5.10 Å². The van der Waals surface area contributed by atoms with Crippen molar-refractivity contribution in [3.05, 3.63) is 70.3 Å². The molecule has 0 aliphatic rings. The number of non-ortho nitro benzene ring substituents is 1. The van der Waals surface area contributed by atoms with Gasteiger partial charge in [0.25, 0.3) is 5.69 Å². The van der Waals surface area contributed by atoms with Gasteiger partial charge < -0.3 is 0 Å². The summed E-state index contributed by atoms with van der Waals surface area (Å²) in [5.74, 6) is 0. The van der Waals surface area contributed by atoms with Gasteiger partial charge in [-0.05, 0) is 24.1 Å². The van der Waals surface area contributed by atoms with Crippen LogP contribution >= 0.6 is 0 Å². The van der Waals surface area contributed by atoms with Gasteiger partial charge in [-0.3, -0.25) is 15.5 Å². The summed E-state index contributed by atoms with van der Waals surface area (Å²) in [6.07, 6.45) is 1.63. The molecule has 21 heavy (non-hydrogen) atoms. The molecule has 0 aromatic heterocycles. The Morgan fingerprint density at radius 3 is 2.38 bits per heavy atom. The molecule has 2 aromatic carbocycles. The van der Waals surface area contributed by atoms with E-state index in [2.05, 4.69) is 29.6 Å². The van der Waals surface area contributed by atoms with Crippen LogP contribution in [0.5, 0.6) is 0 Å². The predicted octanol–water partition coefficient (Wildman–Crippen LogP) is 4.02. The van der Waals surface area contributed by atoms with Crippen molar-refractivity contribution in [1.82, 2.24) is 0 Å². The summed E-state index contributed by atoms with van der Waals surface area (Å²) >= 11 is 0. The molecule has 0 aliphatic heterocycles. The zero-order valence-corrected chi connectivity index (χ0v) is 11.8. The summed E-state index contributed by atoms with van der Waals surface area (Å²) < 4.78 is 0. The van der Waals surface area contributed by atoms with Gasteiger partial charge in [-0.25, -0.2) is 0 Å². The number of hydrogen-bond donors (Lipinski definition) is 1. The van der Waals surface area contributed by atoms with Crippen molar-refractivity contribution in [2.45, 2.75) is 19.8 Å². The minimum atomic E-state index is -0.417. The number of hydrazone groups is 1. The van der Waals surface area contributed by atoms with Gasteiger partial charge in [0.2, 0.25) is 0 Å². The predicted molar refractivity (Wildman–Crippen MR) is 84.6 cm³/mol. The van der Waals surface area contributed by atoms with Crippen molar-refractivity contribution in [1.29, 1.82) is 0 Å². The van der Waals surface area contributed by atoms with Crippen LogP contribution in [-0.2, 0) is 6.42 Å². The SMILES string of the molecule is CC/C(Cc1ccccc1)=N\Nc1ccc([N+](=O)[O-])cc1. The maximum Gasteiger partial charge on any atom is 0.269 e. The molecular weight excluding hydrogens is 266 g/mol. The minimum absolute atomic E-state index is 0.0736. The van der Waals surface area contributed by atoms with E-state index < -0.39 is 4.92 Å². The normalized spacial score (nSPS) is 11.2. The number of nitrogens with zero attached hydrogens (tertiary/aromatic N) is 2. The summed E-state index contributed by atoms with van der Waals surface area (Å²) in [6, 6.07) is 16.4. The second-order valence-corrected chi connectivity index (χ2v) is 4.61. The Labute approximate surface area is 123 Å². The molecule has 0 spiro atoms. The highest BCUT2D eigenvalue weighted by Crippen LogP contribution is 2.15. The molecule has 0 amide bonds. The van der Waals surface area contributed by atoms with Gasteiger partial charge in [0.05, 0.1) is 10.6 Å².